The van der Waals surface area contributed by atoms with E-state index in [-0.39, 0.29) is 15.4 Å². The highest BCUT2D eigenvalue weighted by molar-refractivity contribution is 6.46. The summed E-state index contributed by atoms with van der Waals surface area (Å²) in [4.78, 5) is 6.78. The highest BCUT2D eigenvalue weighted by Crippen LogP contribution is 2.36. The number of aromatic nitrogens is 2. The van der Waals surface area contributed by atoms with Crippen molar-refractivity contribution in [2.75, 3.05) is 0 Å². The van der Waals surface area contributed by atoms with Crippen molar-refractivity contribution in [3.63, 3.8) is 0 Å². The predicted octanol–water partition coefficient (Wildman–Crippen LogP) is 4.30. The molecule has 1 N–H and O–H groups in total. The van der Waals surface area contributed by atoms with E-state index in [9.17, 15) is 8.78 Å². The van der Waals surface area contributed by atoms with Gasteiger partial charge in [0.05, 0.1) is 15.6 Å². The molecule has 2 heterocycles. The molecular formula is C11H4Cl2F2N2. The van der Waals surface area contributed by atoms with E-state index in [1.165, 1.54) is 12.3 Å². The van der Waals surface area contributed by atoms with E-state index in [2.05, 4.69) is 9.97 Å². The molecule has 0 saturated heterocycles. The van der Waals surface area contributed by atoms with E-state index < -0.39 is 11.6 Å². The minimum atomic E-state index is -0.697. The van der Waals surface area contributed by atoms with Crippen molar-refractivity contribution >= 4 is 45.1 Å². The summed E-state index contributed by atoms with van der Waals surface area (Å²) in [6, 6.07) is 1.98. The average molecular weight is 273 g/mol. The molecule has 0 spiro atoms. The summed E-state index contributed by atoms with van der Waals surface area (Å²) in [5.74, 6) is -1.36. The molecule has 1 aromatic carbocycles. The first kappa shape index (κ1) is 10.7. The van der Waals surface area contributed by atoms with E-state index in [4.69, 9.17) is 23.2 Å². The molecule has 0 aliphatic heterocycles. The van der Waals surface area contributed by atoms with Gasteiger partial charge in [-0.1, -0.05) is 23.2 Å². The van der Waals surface area contributed by atoms with Crippen LogP contribution in [-0.4, -0.2) is 9.97 Å². The second kappa shape index (κ2) is 3.55. The van der Waals surface area contributed by atoms with E-state index in [0.717, 1.165) is 6.07 Å². The van der Waals surface area contributed by atoms with Crippen molar-refractivity contribution < 1.29 is 8.78 Å². The maximum absolute atomic E-state index is 13.7. The van der Waals surface area contributed by atoms with Gasteiger partial charge in [0, 0.05) is 23.0 Å². The summed E-state index contributed by atoms with van der Waals surface area (Å²) in [6.07, 6.45) is 1.36. The lowest BCUT2D eigenvalue weighted by molar-refractivity contribution is 0.592. The Morgan fingerprint density at radius 1 is 1.12 bits per heavy atom. The van der Waals surface area contributed by atoms with Gasteiger partial charge in [-0.15, -0.1) is 0 Å². The Labute approximate surface area is 104 Å². The van der Waals surface area contributed by atoms with Gasteiger partial charge in [-0.25, -0.2) is 13.8 Å². The van der Waals surface area contributed by atoms with Gasteiger partial charge in [0.25, 0.3) is 0 Å². The Hall–Kier alpha value is -1.39. The molecule has 0 amide bonds. The van der Waals surface area contributed by atoms with Gasteiger partial charge in [-0.2, -0.15) is 0 Å². The van der Waals surface area contributed by atoms with Gasteiger partial charge < -0.3 is 4.98 Å². The van der Waals surface area contributed by atoms with Crippen molar-refractivity contribution in [2.45, 2.75) is 0 Å². The predicted molar refractivity (Wildman–Crippen MR) is 63.5 cm³/mol. The quantitative estimate of drug-likeness (QED) is 0.649. The van der Waals surface area contributed by atoms with Crippen molar-refractivity contribution in [3.05, 3.63) is 40.0 Å². The number of rotatable bonds is 0. The molecule has 3 rings (SSSR count). The van der Waals surface area contributed by atoms with E-state index in [0.29, 0.717) is 16.6 Å². The SMILES string of the molecule is Fc1cc(F)c2c(c1)[nH]c1ncc(Cl)c(Cl)c12. The smallest absolute Gasteiger partial charge is 0.140 e. The lowest BCUT2D eigenvalue weighted by atomic mass is 10.2. The van der Waals surface area contributed by atoms with Crippen molar-refractivity contribution in [2.24, 2.45) is 0 Å². The maximum Gasteiger partial charge on any atom is 0.140 e. The number of H-pyrrole nitrogens is 1. The van der Waals surface area contributed by atoms with Gasteiger partial charge >= 0.3 is 0 Å². The molecule has 86 valence electrons. The zero-order valence-electron chi connectivity index (χ0n) is 8.19. The molecule has 2 aromatic heterocycles. The van der Waals surface area contributed by atoms with Crippen molar-refractivity contribution in [1.82, 2.24) is 9.97 Å². The molecule has 17 heavy (non-hydrogen) atoms. The molecule has 0 aliphatic carbocycles. The number of hydrogen-bond donors (Lipinski definition) is 1. The van der Waals surface area contributed by atoms with Crippen LogP contribution in [0, 0.1) is 11.6 Å². The van der Waals surface area contributed by atoms with Crippen LogP contribution in [0.5, 0.6) is 0 Å². The Bertz CT molecular complexity index is 752. The number of fused-ring (bicyclic) bond motifs is 3. The van der Waals surface area contributed by atoms with Gasteiger partial charge in [-0.3, -0.25) is 0 Å². The zero-order valence-corrected chi connectivity index (χ0v) is 9.70. The largest absolute Gasteiger partial charge is 0.339 e. The fourth-order valence-electron chi connectivity index (χ4n) is 1.84. The standard InChI is InChI=1S/C11H4Cl2F2N2/c12-5-3-16-11-9(10(5)13)8-6(15)1-4(14)2-7(8)17-11/h1-3H,(H,16,17). The minimum Gasteiger partial charge on any atom is -0.339 e. The highest BCUT2D eigenvalue weighted by atomic mass is 35.5. The van der Waals surface area contributed by atoms with Crippen LogP contribution in [0.2, 0.25) is 10.0 Å². The molecule has 3 aromatic rings. The van der Waals surface area contributed by atoms with Crippen LogP contribution in [0.3, 0.4) is 0 Å². The number of halogens is 4. The van der Waals surface area contributed by atoms with Crippen LogP contribution >= 0.6 is 23.2 Å². The molecular weight excluding hydrogens is 269 g/mol. The molecule has 2 nitrogen and oxygen atoms in total. The molecule has 0 atom stereocenters. The van der Waals surface area contributed by atoms with Gasteiger partial charge in [-0.05, 0) is 6.07 Å². The van der Waals surface area contributed by atoms with E-state index in [1.807, 2.05) is 0 Å². The topological polar surface area (TPSA) is 28.7 Å². The minimum absolute atomic E-state index is 0.196. The van der Waals surface area contributed by atoms with Gasteiger partial charge in [0.15, 0.2) is 0 Å². The lowest BCUT2D eigenvalue weighted by Crippen LogP contribution is -1.81. The first-order valence-corrected chi connectivity index (χ1v) is 5.44. The molecule has 6 heteroatoms. The first-order chi connectivity index (χ1) is 8.08. The van der Waals surface area contributed by atoms with Crippen LogP contribution in [0.15, 0.2) is 18.3 Å². The Kier molecular flexibility index (Phi) is 2.24. The van der Waals surface area contributed by atoms with Gasteiger partial charge in [0.2, 0.25) is 0 Å². The van der Waals surface area contributed by atoms with E-state index in [1.54, 1.807) is 0 Å². The zero-order chi connectivity index (χ0) is 12.2. The Morgan fingerprint density at radius 3 is 2.65 bits per heavy atom. The molecule has 0 radical (unpaired) electrons. The third-order valence-electron chi connectivity index (χ3n) is 2.53. The van der Waals surface area contributed by atoms with Crippen molar-refractivity contribution in [1.29, 1.82) is 0 Å². The summed E-state index contributed by atoms with van der Waals surface area (Å²) < 4.78 is 26.8. The van der Waals surface area contributed by atoms with Crippen LogP contribution in [0.1, 0.15) is 0 Å². The third kappa shape index (κ3) is 1.48. The lowest BCUT2D eigenvalue weighted by Gasteiger charge is -1.98. The van der Waals surface area contributed by atoms with Gasteiger partial charge in [0.1, 0.15) is 17.3 Å². The number of nitrogens with one attached hydrogen (secondary N) is 1. The van der Waals surface area contributed by atoms with Crippen LogP contribution < -0.4 is 0 Å². The number of pyridine rings is 1. The molecule has 0 fully saturated rings. The second-order valence-electron chi connectivity index (χ2n) is 3.58. The first-order valence-electron chi connectivity index (χ1n) is 4.68. The van der Waals surface area contributed by atoms with Crippen LogP contribution in [0.25, 0.3) is 21.9 Å². The number of aromatic amines is 1. The second-order valence-corrected chi connectivity index (χ2v) is 4.36. The summed E-state index contributed by atoms with van der Waals surface area (Å²) in [6.45, 7) is 0. The molecule has 0 aliphatic rings. The van der Waals surface area contributed by atoms with Crippen LogP contribution in [0.4, 0.5) is 8.78 Å². The van der Waals surface area contributed by atoms with E-state index >= 15 is 0 Å². The summed E-state index contributed by atoms with van der Waals surface area (Å²) in [5.41, 5.74) is 0.674. The fourth-order valence-corrected chi connectivity index (χ4v) is 2.22. The number of benzene rings is 1. The number of nitrogens with zero attached hydrogens (tertiary/aromatic N) is 1. The summed E-state index contributed by atoms with van der Waals surface area (Å²) in [7, 11) is 0. The Balaban J connectivity index is 2.62. The normalized spacial score (nSPS) is 11.5. The fraction of sp³-hybridized carbons (Fsp3) is 0. The molecule has 0 unspecified atom stereocenters. The summed E-state index contributed by atoms with van der Waals surface area (Å²) in [5, 5.41) is 0.991. The third-order valence-corrected chi connectivity index (χ3v) is 3.31. The Morgan fingerprint density at radius 2 is 1.88 bits per heavy atom. The average Bonchev–Trinajstić information content (AvgIpc) is 2.62. The molecule has 0 bridgehead atoms. The van der Waals surface area contributed by atoms with Crippen LogP contribution in [-0.2, 0) is 0 Å². The summed E-state index contributed by atoms with van der Waals surface area (Å²) >= 11 is 11.8. The maximum atomic E-state index is 13.7. The monoisotopic (exact) mass is 272 g/mol. The highest BCUT2D eigenvalue weighted by Gasteiger charge is 2.16. The molecule has 0 saturated carbocycles. The van der Waals surface area contributed by atoms with Crippen molar-refractivity contribution in [3.8, 4) is 0 Å². The number of hydrogen-bond acceptors (Lipinski definition) is 1.